The summed E-state index contributed by atoms with van der Waals surface area (Å²) in [5.41, 5.74) is 4.58. The Morgan fingerprint density at radius 2 is 1.12 bits per heavy atom. The van der Waals surface area contributed by atoms with Crippen molar-refractivity contribution in [1.29, 1.82) is 0 Å². The summed E-state index contributed by atoms with van der Waals surface area (Å²) in [7, 11) is 0. The molecule has 0 aliphatic carbocycles. The van der Waals surface area contributed by atoms with Crippen LogP contribution in [0.25, 0.3) is 0 Å². The van der Waals surface area contributed by atoms with E-state index < -0.39 is 0 Å². The predicted molar refractivity (Wildman–Crippen MR) is 99.3 cm³/mol. The average Bonchev–Trinajstić information content (AvgIpc) is 2.50. The molecule has 4 heteroatoms. The Kier molecular flexibility index (Phi) is 4.31. The van der Waals surface area contributed by atoms with E-state index in [2.05, 4.69) is 23.6 Å². The lowest BCUT2D eigenvalue weighted by Gasteiger charge is -2.47. The van der Waals surface area contributed by atoms with Gasteiger partial charge in [0.25, 0.3) is 0 Å². The van der Waals surface area contributed by atoms with Crippen molar-refractivity contribution in [3.05, 3.63) is 47.5 Å². The van der Waals surface area contributed by atoms with E-state index in [0.29, 0.717) is 23.6 Å². The molecular formula is C20H26N2O2. The second kappa shape index (κ2) is 6.27. The SMILES string of the molecule is Cc1cc(O)ccc1N1CC(C)N(c2ccc(O)cc2C)CC1C. The van der Waals surface area contributed by atoms with E-state index >= 15 is 0 Å². The van der Waals surface area contributed by atoms with Crippen molar-refractivity contribution in [3.8, 4) is 11.5 Å². The minimum absolute atomic E-state index is 0.315. The monoisotopic (exact) mass is 326 g/mol. The second-order valence-electron chi connectivity index (χ2n) is 6.94. The number of rotatable bonds is 2. The lowest BCUT2D eigenvalue weighted by molar-refractivity contribution is 0.468. The van der Waals surface area contributed by atoms with Crippen molar-refractivity contribution in [2.75, 3.05) is 22.9 Å². The van der Waals surface area contributed by atoms with Crippen LogP contribution in [0.2, 0.25) is 0 Å². The third kappa shape index (κ3) is 3.01. The van der Waals surface area contributed by atoms with Crippen LogP contribution < -0.4 is 9.80 Å². The van der Waals surface area contributed by atoms with E-state index in [9.17, 15) is 10.2 Å². The number of nitrogens with zero attached hydrogens (tertiary/aromatic N) is 2. The van der Waals surface area contributed by atoms with Gasteiger partial charge in [-0.3, -0.25) is 0 Å². The van der Waals surface area contributed by atoms with Gasteiger partial charge in [-0.2, -0.15) is 0 Å². The third-order valence-corrected chi connectivity index (χ3v) is 4.97. The highest BCUT2D eigenvalue weighted by Gasteiger charge is 2.30. The van der Waals surface area contributed by atoms with Gasteiger partial charge in [-0.05, 0) is 75.2 Å². The molecule has 1 aliphatic rings. The average molecular weight is 326 g/mol. The zero-order valence-electron chi connectivity index (χ0n) is 14.8. The molecule has 1 heterocycles. The van der Waals surface area contributed by atoms with Crippen LogP contribution >= 0.6 is 0 Å². The zero-order chi connectivity index (χ0) is 17.4. The molecule has 2 N–H and O–H groups in total. The molecule has 1 fully saturated rings. The number of phenols is 2. The van der Waals surface area contributed by atoms with Gasteiger partial charge in [0.2, 0.25) is 0 Å². The highest BCUT2D eigenvalue weighted by atomic mass is 16.3. The maximum atomic E-state index is 9.65. The molecule has 2 atom stereocenters. The first-order valence-electron chi connectivity index (χ1n) is 8.49. The van der Waals surface area contributed by atoms with E-state index in [1.807, 2.05) is 38.1 Å². The number of piperazine rings is 1. The largest absolute Gasteiger partial charge is 0.508 e. The van der Waals surface area contributed by atoms with Crippen LogP contribution in [0.1, 0.15) is 25.0 Å². The molecular weight excluding hydrogens is 300 g/mol. The molecule has 0 bridgehead atoms. The lowest BCUT2D eigenvalue weighted by Crippen LogP contribution is -2.57. The molecule has 4 nitrogen and oxygen atoms in total. The van der Waals surface area contributed by atoms with Gasteiger partial charge in [-0.15, -0.1) is 0 Å². The molecule has 0 amide bonds. The molecule has 0 aromatic heterocycles. The number of hydrogen-bond acceptors (Lipinski definition) is 4. The summed E-state index contributed by atoms with van der Waals surface area (Å²) in [5.74, 6) is 0.630. The van der Waals surface area contributed by atoms with Gasteiger partial charge in [0, 0.05) is 36.5 Å². The van der Waals surface area contributed by atoms with Gasteiger partial charge >= 0.3 is 0 Å². The normalized spacial score (nSPS) is 21.2. The van der Waals surface area contributed by atoms with Crippen molar-refractivity contribution in [2.24, 2.45) is 0 Å². The molecule has 0 saturated carbocycles. The van der Waals surface area contributed by atoms with E-state index in [-0.39, 0.29) is 0 Å². The molecule has 1 saturated heterocycles. The highest BCUT2D eigenvalue weighted by Crippen LogP contribution is 2.32. The summed E-state index contributed by atoms with van der Waals surface area (Å²) in [6.45, 7) is 10.4. The molecule has 2 aromatic carbocycles. The first-order chi connectivity index (χ1) is 11.4. The number of aromatic hydroxyl groups is 2. The molecule has 128 valence electrons. The van der Waals surface area contributed by atoms with Crippen molar-refractivity contribution in [1.82, 2.24) is 0 Å². The summed E-state index contributed by atoms with van der Waals surface area (Å²) in [4.78, 5) is 4.84. The van der Waals surface area contributed by atoms with Crippen LogP contribution in [0.15, 0.2) is 36.4 Å². The smallest absolute Gasteiger partial charge is 0.115 e. The van der Waals surface area contributed by atoms with Gasteiger partial charge in [0.05, 0.1) is 0 Å². The first kappa shape index (κ1) is 16.5. The van der Waals surface area contributed by atoms with Crippen molar-refractivity contribution >= 4 is 11.4 Å². The Morgan fingerprint density at radius 3 is 1.46 bits per heavy atom. The van der Waals surface area contributed by atoms with Gasteiger partial charge in [0.1, 0.15) is 11.5 Å². The van der Waals surface area contributed by atoms with E-state index in [4.69, 9.17) is 0 Å². The minimum Gasteiger partial charge on any atom is -0.508 e. The minimum atomic E-state index is 0.315. The quantitative estimate of drug-likeness (QED) is 0.881. The van der Waals surface area contributed by atoms with Crippen LogP contribution in [0.5, 0.6) is 11.5 Å². The summed E-state index contributed by atoms with van der Waals surface area (Å²) < 4.78 is 0. The predicted octanol–water partition coefficient (Wildman–Crippen LogP) is 3.82. The fraction of sp³-hybridized carbons (Fsp3) is 0.400. The molecule has 2 unspecified atom stereocenters. The molecule has 0 spiro atoms. The Morgan fingerprint density at radius 1 is 0.750 bits per heavy atom. The molecule has 0 radical (unpaired) electrons. The zero-order valence-corrected chi connectivity index (χ0v) is 14.8. The number of hydrogen-bond donors (Lipinski definition) is 2. The molecule has 3 rings (SSSR count). The Labute approximate surface area is 144 Å². The van der Waals surface area contributed by atoms with Crippen molar-refractivity contribution in [2.45, 2.75) is 39.8 Å². The van der Waals surface area contributed by atoms with Gasteiger partial charge in [-0.1, -0.05) is 0 Å². The highest BCUT2D eigenvalue weighted by molar-refractivity contribution is 5.61. The molecule has 1 aliphatic heterocycles. The Bertz CT molecular complexity index is 681. The maximum Gasteiger partial charge on any atom is 0.115 e. The fourth-order valence-electron chi connectivity index (χ4n) is 3.72. The Balaban J connectivity index is 1.86. The van der Waals surface area contributed by atoms with Crippen LogP contribution in [0, 0.1) is 13.8 Å². The van der Waals surface area contributed by atoms with E-state index in [1.54, 1.807) is 12.1 Å². The standard InChI is InChI=1S/C20H26N2O2/c1-13-9-17(23)5-7-19(13)21-11-16(4)22(12-15(21)3)20-8-6-18(24)10-14(20)2/h5-10,15-16,23-24H,11-12H2,1-4H3. The van der Waals surface area contributed by atoms with Crippen molar-refractivity contribution < 1.29 is 10.2 Å². The number of anilines is 2. The summed E-state index contributed by atoms with van der Waals surface area (Å²) in [5, 5.41) is 19.3. The van der Waals surface area contributed by atoms with Crippen LogP contribution in [-0.2, 0) is 0 Å². The topological polar surface area (TPSA) is 46.9 Å². The molecule has 24 heavy (non-hydrogen) atoms. The number of phenolic OH excluding ortho intramolecular Hbond substituents is 2. The fourth-order valence-corrected chi connectivity index (χ4v) is 3.72. The maximum absolute atomic E-state index is 9.65. The van der Waals surface area contributed by atoms with Gasteiger partial charge in [0.15, 0.2) is 0 Å². The van der Waals surface area contributed by atoms with Gasteiger partial charge in [-0.25, -0.2) is 0 Å². The summed E-state index contributed by atoms with van der Waals surface area (Å²) in [6, 6.07) is 11.9. The van der Waals surface area contributed by atoms with E-state index in [0.717, 1.165) is 24.2 Å². The van der Waals surface area contributed by atoms with Gasteiger partial charge < -0.3 is 20.0 Å². The third-order valence-electron chi connectivity index (χ3n) is 4.97. The van der Waals surface area contributed by atoms with E-state index in [1.165, 1.54) is 11.4 Å². The first-order valence-corrected chi connectivity index (χ1v) is 8.49. The van der Waals surface area contributed by atoms with Crippen LogP contribution in [-0.4, -0.2) is 35.4 Å². The number of aryl methyl sites for hydroxylation is 2. The van der Waals surface area contributed by atoms with Crippen molar-refractivity contribution in [3.63, 3.8) is 0 Å². The number of benzene rings is 2. The van der Waals surface area contributed by atoms with Crippen LogP contribution in [0.4, 0.5) is 11.4 Å². The summed E-state index contributed by atoms with van der Waals surface area (Å²) >= 11 is 0. The second-order valence-corrected chi connectivity index (χ2v) is 6.94. The lowest BCUT2D eigenvalue weighted by atomic mass is 10.0. The summed E-state index contributed by atoms with van der Waals surface area (Å²) in [6.07, 6.45) is 0. The Hall–Kier alpha value is -2.36. The van der Waals surface area contributed by atoms with Crippen LogP contribution in [0.3, 0.4) is 0 Å². The molecule has 2 aromatic rings.